The standard InChI is InChI=1S/C31H36N6O2/c1-30(2)13-21(25(19-34)23(14-30)22(17-32)18-33)11-9-7-6-8-10-12-37-26-16-31(3,4)15-24(27(20-35)36-5)28(26)29(38)39/h37H,6-16H2,1-4H3,(H,38,39)/b27-24+. The zero-order valence-electron chi connectivity index (χ0n) is 23.4. The van der Waals surface area contributed by atoms with Gasteiger partial charge in [-0.15, -0.1) is 0 Å². The Morgan fingerprint density at radius 2 is 1.49 bits per heavy atom. The van der Waals surface area contributed by atoms with E-state index in [1.54, 1.807) is 0 Å². The summed E-state index contributed by atoms with van der Waals surface area (Å²) in [6.45, 7) is 16.1. The normalized spacial score (nSPS) is 19.1. The van der Waals surface area contributed by atoms with E-state index < -0.39 is 5.97 Å². The number of rotatable bonds is 10. The molecule has 0 aliphatic heterocycles. The number of hydrogen-bond donors (Lipinski definition) is 2. The van der Waals surface area contributed by atoms with Gasteiger partial charge < -0.3 is 10.4 Å². The van der Waals surface area contributed by atoms with Gasteiger partial charge in [0, 0.05) is 12.2 Å². The topological polar surface area (TPSA) is 149 Å². The minimum atomic E-state index is -1.12. The maximum atomic E-state index is 12.0. The summed E-state index contributed by atoms with van der Waals surface area (Å²) in [7, 11) is 0. The van der Waals surface area contributed by atoms with E-state index in [1.165, 1.54) is 0 Å². The van der Waals surface area contributed by atoms with Crippen molar-refractivity contribution in [1.29, 1.82) is 21.0 Å². The Morgan fingerprint density at radius 3 is 2.05 bits per heavy atom. The van der Waals surface area contributed by atoms with Crippen LogP contribution >= 0.6 is 0 Å². The van der Waals surface area contributed by atoms with Gasteiger partial charge in [-0.1, -0.05) is 52.5 Å². The van der Waals surface area contributed by atoms with Crippen molar-refractivity contribution in [3.8, 4) is 24.3 Å². The van der Waals surface area contributed by atoms with Gasteiger partial charge in [0.1, 0.15) is 17.7 Å². The van der Waals surface area contributed by atoms with Gasteiger partial charge >= 0.3 is 5.97 Å². The lowest BCUT2D eigenvalue weighted by atomic mass is 9.70. The number of nitriles is 4. The minimum Gasteiger partial charge on any atom is -0.478 e. The number of hydrogen-bond acceptors (Lipinski definition) is 6. The van der Waals surface area contributed by atoms with Crippen LogP contribution in [0.2, 0.25) is 0 Å². The van der Waals surface area contributed by atoms with Crippen molar-refractivity contribution in [3.63, 3.8) is 0 Å². The Labute approximate surface area is 232 Å². The second kappa shape index (κ2) is 13.5. The van der Waals surface area contributed by atoms with E-state index in [0.29, 0.717) is 48.2 Å². The van der Waals surface area contributed by atoms with Crippen molar-refractivity contribution in [2.75, 3.05) is 6.54 Å². The van der Waals surface area contributed by atoms with Gasteiger partial charge in [0.05, 0.1) is 29.9 Å². The summed E-state index contributed by atoms with van der Waals surface area (Å²) in [6.07, 6.45) is 7.69. The molecule has 0 bridgehead atoms. The first-order valence-corrected chi connectivity index (χ1v) is 13.3. The summed E-state index contributed by atoms with van der Waals surface area (Å²) < 4.78 is 0. The smallest absolute Gasteiger partial charge is 0.336 e. The SMILES string of the molecule is [C-]#[N+]/C(C#N)=C1\CC(C)(C)CC(NCCCCCCCC2=C(C#N)C(=C(C#N)C#N)CC(C)(C)C2)=C1C(=O)O. The van der Waals surface area contributed by atoms with E-state index in [-0.39, 0.29) is 27.7 Å². The van der Waals surface area contributed by atoms with Gasteiger partial charge in [-0.25, -0.2) is 14.9 Å². The van der Waals surface area contributed by atoms with Crippen LogP contribution in [0.1, 0.15) is 91.9 Å². The summed E-state index contributed by atoms with van der Waals surface area (Å²) in [5.41, 5.74) is 2.59. The Balaban J connectivity index is 1.97. The molecule has 0 fully saturated rings. The van der Waals surface area contributed by atoms with Crippen LogP contribution in [-0.4, -0.2) is 17.6 Å². The molecule has 8 heteroatoms. The number of carboxylic acid groups (broad SMARTS) is 1. The molecule has 0 aromatic heterocycles. The molecule has 0 aromatic carbocycles. The van der Waals surface area contributed by atoms with E-state index in [2.05, 4.69) is 30.1 Å². The quantitative estimate of drug-likeness (QED) is 0.182. The molecule has 0 atom stereocenters. The van der Waals surface area contributed by atoms with Crippen LogP contribution in [0.5, 0.6) is 0 Å². The molecule has 0 aromatic rings. The second-order valence-corrected chi connectivity index (χ2v) is 11.9. The molecule has 2 rings (SSSR count). The zero-order valence-corrected chi connectivity index (χ0v) is 23.4. The van der Waals surface area contributed by atoms with Gasteiger partial charge in [0.2, 0.25) is 0 Å². The number of unbranched alkanes of at least 4 members (excludes halogenated alkanes) is 4. The van der Waals surface area contributed by atoms with Crippen LogP contribution in [0.3, 0.4) is 0 Å². The van der Waals surface area contributed by atoms with Crippen LogP contribution in [-0.2, 0) is 4.79 Å². The Bertz CT molecular complexity index is 1310. The average molecular weight is 525 g/mol. The first kappa shape index (κ1) is 30.9. The van der Waals surface area contributed by atoms with Crippen molar-refractivity contribution < 1.29 is 9.90 Å². The third-order valence-electron chi connectivity index (χ3n) is 7.27. The number of allylic oxidation sites excluding steroid dienone is 6. The monoisotopic (exact) mass is 524 g/mol. The second-order valence-electron chi connectivity index (χ2n) is 11.9. The zero-order chi connectivity index (χ0) is 29.2. The first-order chi connectivity index (χ1) is 18.4. The first-order valence-electron chi connectivity index (χ1n) is 13.3. The molecule has 0 heterocycles. The molecule has 2 aliphatic rings. The molecule has 2 N–H and O–H groups in total. The largest absolute Gasteiger partial charge is 0.478 e. The van der Waals surface area contributed by atoms with E-state index >= 15 is 0 Å². The van der Waals surface area contributed by atoms with E-state index in [0.717, 1.165) is 50.5 Å². The average Bonchev–Trinajstić information content (AvgIpc) is 2.85. The lowest BCUT2D eigenvalue weighted by Gasteiger charge is -2.34. The lowest BCUT2D eigenvalue weighted by molar-refractivity contribution is -0.132. The summed E-state index contributed by atoms with van der Waals surface area (Å²) >= 11 is 0. The molecular formula is C31H36N6O2. The molecule has 8 nitrogen and oxygen atoms in total. The molecule has 202 valence electrons. The fraction of sp³-hybridized carbons (Fsp3) is 0.548. The molecule has 0 spiro atoms. The summed E-state index contributed by atoms with van der Waals surface area (Å²) in [4.78, 5) is 15.3. The predicted octanol–water partition coefficient (Wildman–Crippen LogP) is 6.76. The Hall–Kier alpha value is -4.32. The van der Waals surface area contributed by atoms with Crippen molar-refractivity contribution in [2.45, 2.75) is 91.9 Å². The summed E-state index contributed by atoms with van der Waals surface area (Å²) in [5.74, 6) is -1.12. The minimum absolute atomic E-state index is 0.0346. The van der Waals surface area contributed by atoms with Crippen LogP contribution in [0.15, 0.2) is 44.8 Å². The molecule has 0 saturated heterocycles. The van der Waals surface area contributed by atoms with E-state index in [9.17, 15) is 30.9 Å². The van der Waals surface area contributed by atoms with Crippen LogP contribution in [0.25, 0.3) is 4.85 Å². The number of carbonyl (C=O) groups is 1. The fourth-order valence-electron chi connectivity index (χ4n) is 5.62. The molecule has 0 amide bonds. The summed E-state index contributed by atoms with van der Waals surface area (Å²) in [5, 5.41) is 50.9. The van der Waals surface area contributed by atoms with Crippen LogP contribution < -0.4 is 5.32 Å². The maximum Gasteiger partial charge on any atom is 0.336 e. The van der Waals surface area contributed by atoms with E-state index in [1.807, 2.05) is 32.1 Å². The van der Waals surface area contributed by atoms with Gasteiger partial charge in [-0.05, 0) is 66.9 Å². The van der Waals surface area contributed by atoms with Crippen molar-refractivity contribution >= 4 is 5.97 Å². The van der Waals surface area contributed by atoms with Gasteiger partial charge in [0.25, 0.3) is 5.70 Å². The molecule has 0 unspecified atom stereocenters. The highest BCUT2D eigenvalue weighted by molar-refractivity contribution is 5.94. The third-order valence-corrected chi connectivity index (χ3v) is 7.27. The lowest BCUT2D eigenvalue weighted by Crippen LogP contribution is -2.31. The van der Waals surface area contributed by atoms with Crippen LogP contribution in [0, 0.1) is 62.7 Å². The van der Waals surface area contributed by atoms with Crippen LogP contribution in [0.4, 0.5) is 0 Å². The Kier molecular flexibility index (Phi) is 10.7. The van der Waals surface area contributed by atoms with Crippen molar-refractivity contribution in [1.82, 2.24) is 5.32 Å². The Morgan fingerprint density at radius 1 is 0.897 bits per heavy atom. The van der Waals surface area contributed by atoms with Gasteiger partial charge in [0.15, 0.2) is 0 Å². The molecule has 0 radical (unpaired) electrons. The highest BCUT2D eigenvalue weighted by Gasteiger charge is 2.35. The third kappa shape index (κ3) is 8.08. The number of carboxylic acids is 1. The number of nitrogens with one attached hydrogen (secondary N) is 1. The van der Waals surface area contributed by atoms with Gasteiger partial charge in [-0.3, -0.25) is 0 Å². The predicted molar refractivity (Wildman–Crippen MR) is 147 cm³/mol. The highest BCUT2D eigenvalue weighted by atomic mass is 16.4. The van der Waals surface area contributed by atoms with Crippen molar-refractivity contribution in [3.05, 3.63) is 56.2 Å². The number of aliphatic carboxylic acids is 1. The molecule has 39 heavy (non-hydrogen) atoms. The molecule has 0 saturated carbocycles. The highest BCUT2D eigenvalue weighted by Crippen LogP contribution is 2.44. The fourth-order valence-corrected chi connectivity index (χ4v) is 5.62. The number of nitrogens with zero attached hydrogens (tertiary/aromatic N) is 5. The van der Waals surface area contributed by atoms with Crippen molar-refractivity contribution in [2.24, 2.45) is 10.8 Å². The molecule has 2 aliphatic carbocycles. The van der Waals surface area contributed by atoms with Gasteiger partial charge in [-0.2, -0.15) is 15.8 Å². The molecular weight excluding hydrogens is 488 g/mol. The summed E-state index contributed by atoms with van der Waals surface area (Å²) in [6, 6.07) is 8.02. The van der Waals surface area contributed by atoms with E-state index in [4.69, 9.17) is 6.57 Å². The maximum absolute atomic E-state index is 12.0.